The second-order valence-electron chi connectivity index (χ2n) is 6.91. The number of carbonyl (C=O) groups is 2. The molecule has 7 nitrogen and oxygen atoms in total. The molecule has 2 aliphatic rings. The molecular weight excluding hydrogens is 332 g/mol. The number of carbonyl (C=O) groups excluding carboxylic acids is 2. The van der Waals surface area contributed by atoms with Gasteiger partial charge in [-0.05, 0) is 25.0 Å². The summed E-state index contributed by atoms with van der Waals surface area (Å²) >= 11 is 0. The summed E-state index contributed by atoms with van der Waals surface area (Å²) in [6.07, 6.45) is 4.36. The molecule has 1 aromatic carbocycles. The molecule has 136 valence electrons. The van der Waals surface area contributed by atoms with Gasteiger partial charge >= 0.3 is 6.03 Å². The summed E-state index contributed by atoms with van der Waals surface area (Å²) in [6, 6.07) is 9.52. The minimum absolute atomic E-state index is 0.0532. The number of nitrogens with one attached hydrogen (secondary N) is 2. The van der Waals surface area contributed by atoms with Gasteiger partial charge in [-0.25, -0.2) is 9.78 Å². The number of rotatable bonds is 3. The molecule has 0 aliphatic carbocycles. The average molecular weight is 354 g/mol. The number of benzene rings is 1. The van der Waals surface area contributed by atoms with E-state index in [0.717, 1.165) is 24.8 Å². The fourth-order valence-corrected chi connectivity index (χ4v) is 3.60. The van der Waals surface area contributed by atoms with E-state index in [4.69, 9.17) is 4.42 Å². The molecule has 0 spiro atoms. The normalized spacial score (nSPS) is 22.5. The maximum absolute atomic E-state index is 12.6. The standard InChI is InChI=1S/C19H22N4O3/c24-17-14-7-4-8-15(21-17)11-23(10-14)19(25)20-9-16-12-26-18(22-16)13-5-2-1-3-6-13/h1-3,5-6,12,14-15H,4,7-11H2,(H,20,25)(H,21,24)/t14-,15+/m1/s1. The lowest BCUT2D eigenvalue weighted by molar-refractivity contribution is -0.124. The van der Waals surface area contributed by atoms with Gasteiger partial charge in [0, 0.05) is 24.7 Å². The molecule has 4 rings (SSSR count). The lowest BCUT2D eigenvalue weighted by Gasteiger charge is -2.27. The van der Waals surface area contributed by atoms with E-state index in [1.54, 1.807) is 11.2 Å². The minimum atomic E-state index is -0.164. The summed E-state index contributed by atoms with van der Waals surface area (Å²) in [6.45, 7) is 1.33. The van der Waals surface area contributed by atoms with Gasteiger partial charge in [0.2, 0.25) is 11.8 Å². The predicted octanol–water partition coefficient (Wildman–Crippen LogP) is 2.15. The maximum Gasteiger partial charge on any atom is 0.317 e. The Bertz CT molecular complexity index is 789. The first-order chi connectivity index (χ1) is 12.7. The summed E-state index contributed by atoms with van der Waals surface area (Å²) in [5.41, 5.74) is 1.57. The van der Waals surface area contributed by atoms with Crippen molar-refractivity contribution in [1.82, 2.24) is 20.5 Å². The van der Waals surface area contributed by atoms with Gasteiger partial charge in [0.05, 0.1) is 18.2 Å². The SMILES string of the molecule is O=C1N[C@H]2CCC[C@@H]1CN(C(=O)NCc1coc(-c3ccccc3)n1)C2. The minimum Gasteiger partial charge on any atom is -0.444 e. The molecule has 2 N–H and O–H groups in total. The molecule has 2 bridgehead atoms. The highest BCUT2D eigenvalue weighted by atomic mass is 16.3. The van der Waals surface area contributed by atoms with Gasteiger partial charge in [-0.3, -0.25) is 4.79 Å². The van der Waals surface area contributed by atoms with Gasteiger partial charge in [-0.2, -0.15) is 0 Å². The van der Waals surface area contributed by atoms with Gasteiger partial charge in [0.15, 0.2) is 0 Å². The lowest BCUT2D eigenvalue weighted by Crippen LogP contribution is -2.46. The summed E-state index contributed by atoms with van der Waals surface area (Å²) in [7, 11) is 0. The monoisotopic (exact) mass is 354 g/mol. The van der Waals surface area contributed by atoms with Gasteiger partial charge in [-0.1, -0.05) is 24.6 Å². The first-order valence-electron chi connectivity index (χ1n) is 9.02. The highest BCUT2D eigenvalue weighted by Crippen LogP contribution is 2.22. The summed E-state index contributed by atoms with van der Waals surface area (Å²) in [5.74, 6) is 0.505. The van der Waals surface area contributed by atoms with Crippen molar-refractivity contribution in [2.24, 2.45) is 5.92 Å². The van der Waals surface area contributed by atoms with Crippen molar-refractivity contribution in [2.45, 2.75) is 31.8 Å². The molecule has 26 heavy (non-hydrogen) atoms. The summed E-state index contributed by atoms with van der Waals surface area (Å²) in [4.78, 5) is 30.8. The van der Waals surface area contributed by atoms with E-state index in [-0.39, 0.29) is 23.9 Å². The zero-order chi connectivity index (χ0) is 17.9. The molecule has 2 aromatic rings. The van der Waals surface area contributed by atoms with Crippen LogP contribution in [0, 0.1) is 5.92 Å². The van der Waals surface area contributed by atoms with Crippen LogP contribution in [0.25, 0.3) is 11.5 Å². The molecule has 0 saturated carbocycles. The van der Waals surface area contributed by atoms with Crippen molar-refractivity contribution in [1.29, 1.82) is 0 Å². The van der Waals surface area contributed by atoms with Crippen molar-refractivity contribution in [3.05, 3.63) is 42.3 Å². The number of nitrogens with zero attached hydrogens (tertiary/aromatic N) is 2. The highest BCUT2D eigenvalue weighted by Gasteiger charge is 2.34. The molecule has 2 saturated heterocycles. The quantitative estimate of drug-likeness (QED) is 0.884. The Morgan fingerprint density at radius 2 is 2.12 bits per heavy atom. The molecule has 2 aliphatic heterocycles. The Morgan fingerprint density at radius 3 is 2.96 bits per heavy atom. The fraction of sp³-hybridized carbons (Fsp3) is 0.421. The van der Waals surface area contributed by atoms with Crippen LogP contribution < -0.4 is 10.6 Å². The Hall–Kier alpha value is -2.83. The van der Waals surface area contributed by atoms with Crippen molar-refractivity contribution in [3.8, 4) is 11.5 Å². The van der Waals surface area contributed by atoms with E-state index in [1.807, 2.05) is 30.3 Å². The number of likely N-dealkylation sites (tertiary alicyclic amines) is 1. The van der Waals surface area contributed by atoms with Gasteiger partial charge < -0.3 is 20.0 Å². The second kappa shape index (κ2) is 7.19. The number of urea groups is 1. The number of hydrogen-bond donors (Lipinski definition) is 2. The molecule has 3 heterocycles. The van der Waals surface area contributed by atoms with E-state index in [2.05, 4.69) is 15.6 Å². The van der Waals surface area contributed by atoms with Crippen molar-refractivity contribution in [3.63, 3.8) is 0 Å². The highest BCUT2D eigenvalue weighted by molar-refractivity contribution is 5.82. The number of oxazole rings is 1. The summed E-state index contributed by atoms with van der Waals surface area (Å²) in [5, 5.41) is 5.92. The van der Waals surface area contributed by atoms with Crippen LogP contribution in [0.5, 0.6) is 0 Å². The molecule has 2 fully saturated rings. The van der Waals surface area contributed by atoms with Gasteiger partial charge in [0.25, 0.3) is 0 Å². The average Bonchev–Trinajstić information content (AvgIpc) is 2.97. The van der Waals surface area contributed by atoms with E-state index in [9.17, 15) is 9.59 Å². The zero-order valence-corrected chi connectivity index (χ0v) is 14.5. The molecule has 7 heteroatoms. The second-order valence-corrected chi connectivity index (χ2v) is 6.91. The van der Waals surface area contributed by atoms with Crippen LogP contribution in [0.15, 0.2) is 41.0 Å². The molecule has 3 amide bonds. The molecule has 1 aromatic heterocycles. The van der Waals surface area contributed by atoms with Crippen molar-refractivity contribution < 1.29 is 14.0 Å². The van der Waals surface area contributed by atoms with Crippen LogP contribution in [0.1, 0.15) is 25.0 Å². The van der Waals surface area contributed by atoms with E-state index < -0.39 is 0 Å². The number of fused-ring (bicyclic) bond motifs is 3. The maximum atomic E-state index is 12.6. The Balaban J connectivity index is 1.37. The number of amides is 3. The third-order valence-corrected chi connectivity index (χ3v) is 4.98. The third-order valence-electron chi connectivity index (χ3n) is 4.98. The smallest absolute Gasteiger partial charge is 0.317 e. The first-order valence-corrected chi connectivity index (χ1v) is 9.02. The topological polar surface area (TPSA) is 87.5 Å². The number of hydrogen-bond acceptors (Lipinski definition) is 4. The van der Waals surface area contributed by atoms with E-state index in [1.165, 1.54) is 0 Å². The Morgan fingerprint density at radius 1 is 1.27 bits per heavy atom. The fourth-order valence-electron chi connectivity index (χ4n) is 3.60. The van der Waals surface area contributed by atoms with Crippen LogP contribution in [0.3, 0.4) is 0 Å². The van der Waals surface area contributed by atoms with Crippen LogP contribution in [-0.4, -0.2) is 41.0 Å². The van der Waals surface area contributed by atoms with Gasteiger partial charge in [0.1, 0.15) is 6.26 Å². The van der Waals surface area contributed by atoms with Crippen LogP contribution in [-0.2, 0) is 11.3 Å². The van der Waals surface area contributed by atoms with Crippen LogP contribution in [0.4, 0.5) is 4.79 Å². The molecule has 0 unspecified atom stereocenters. The molecule has 2 atom stereocenters. The van der Waals surface area contributed by atoms with Gasteiger partial charge in [-0.15, -0.1) is 0 Å². The van der Waals surface area contributed by atoms with Crippen molar-refractivity contribution in [2.75, 3.05) is 13.1 Å². The number of aromatic nitrogens is 1. The van der Waals surface area contributed by atoms with E-state index >= 15 is 0 Å². The molecule has 0 radical (unpaired) electrons. The predicted molar refractivity (Wildman–Crippen MR) is 95.0 cm³/mol. The third kappa shape index (κ3) is 3.56. The largest absolute Gasteiger partial charge is 0.444 e. The lowest BCUT2D eigenvalue weighted by atomic mass is 9.99. The zero-order valence-electron chi connectivity index (χ0n) is 14.5. The molecular formula is C19H22N4O3. The Kier molecular flexibility index (Phi) is 4.60. The van der Waals surface area contributed by atoms with E-state index in [0.29, 0.717) is 31.2 Å². The van der Waals surface area contributed by atoms with Crippen molar-refractivity contribution >= 4 is 11.9 Å². The Labute approximate surface area is 151 Å². The summed E-state index contributed by atoms with van der Waals surface area (Å²) < 4.78 is 5.49. The van der Waals surface area contributed by atoms with Crippen LogP contribution >= 0.6 is 0 Å². The first kappa shape index (κ1) is 16.6. The van der Waals surface area contributed by atoms with Crippen LogP contribution in [0.2, 0.25) is 0 Å².